The van der Waals surface area contributed by atoms with Gasteiger partial charge in [0.15, 0.2) is 0 Å². The summed E-state index contributed by atoms with van der Waals surface area (Å²) in [6.45, 7) is 0. The van der Waals surface area contributed by atoms with Crippen LogP contribution in [0.1, 0.15) is 10.4 Å². The third kappa shape index (κ3) is 5.08. The molecule has 0 unspecified atom stereocenters. The minimum atomic E-state index is -0.680. The van der Waals surface area contributed by atoms with Crippen LogP contribution in [0.5, 0.6) is 5.75 Å². The number of tetrazole rings is 1. The standard InChI is InChI=1S/C17H15N7O5S/c1-29-14-7-5-12(6-8-14)23-17(20-21-22-23)30-10-15(25)18-19-16(26)11-3-2-4-13(9-11)24(27)28/h2-9H,10H2,1H3,(H,18,25)(H,19,26). The summed E-state index contributed by atoms with van der Waals surface area (Å²) in [5, 5.41) is 22.5. The summed E-state index contributed by atoms with van der Waals surface area (Å²) in [5.41, 5.74) is 4.95. The summed E-state index contributed by atoms with van der Waals surface area (Å²) in [4.78, 5) is 34.2. The van der Waals surface area contributed by atoms with Gasteiger partial charge in [-0.1, -0.05) is 17.8 Å². The number of methoxy groups -OCH3 is 1. The van der Waals surface area contributed by atoms with E-state index in [4.69, 9.17) is 4.74 Å². The molecule has 2 amide bonds. The zero-order valence-corrected chi connectivity index (χ0v) is 16.3. The third-order valence-corrected chi connectivity index (χ3v) is 4.64. The number of carbonyl (C=O) groups excluding carboxylic acids is 2. The van der Waals surface area contributed by atoms with Crippen LogP contribution in [0, 0.1) is 10.1 Å². The first-order valence-corrected chi connectivity index (χ1v) is 9.35. The average Bonchev–Trinajstić information content (AvgIpc) is 3.24. The Morgan fingerprint density at radius 3 is 2.67 bits per heavy atom. The highest BCUT2D eigenvalue weighted by Crippen LogP contribution is 2.20. The first-order valence-electron chi connectivity index (χ1n) is 8.37. The van der Waals surface area contributed by atoms with Crippen LogP contribution < -0.4 is 15.6 Å². The molecular weight excluding hydrogens is 414 g/mol. The SMILES string of the molecule is COc1ccc(-n2nnnc2SCC(=O)NNC(=O)c2cccc([N+](=O)[O-])c2)cc1. The van der Waals surface area contributed by atoms with Gasteiger partial charge in [0.2, 0.25) is 11.1 Å². The molecule has 3 aromatic rings. The number of carbonyl (C=O) groups is 2. The summed E-state index contributed by atoms with van der Waals surface area (Å²) in [5.74, 6) is -0.589. The van der Waals surface area contributed by atoms with Gasteiger partial charge >= 0.3 is 0 Å². The topological polar surface area (TPSA) is 154 Å². The smallest absolute Gasteiger partial charge is 0.270 e. The number of nitrogens with one attached hydrogen (secondary N) is 2. The molecule has 1 heterocycles. The van der Waals surface area contributed by atoms with Gasteiger partial charge in [-0.2, -0.15) is 4.68 Å². The fourth-order valence-corrected chi connectivity index (χ4v) is 2.97. The number of thioether (sulfide) groups is 1. The van der Waals surface area contributed by atoms with Gasteiger partial charge in [-0.3, -0.25) is 30.6 Å². The second kappa shape index (κ2) is 9.47. The lowest BCUT2D eigenvalue weighted by Gasteiger charge is -2.08. The second-order valence-electron chi connectivity index (χ2n) is 5.67. The van der Waals surface area contributed by atoms with Crippen LogP contribution in [0.2, 0.25) is 0 Å². The molecule has 0 aliphatic carbocycles. The van der Waals surface area contributed by atoms with Crippen molar-refractivity contribution in [3.05, 3.63) is 64.2 Å². The van der Waals surface area contributed by atoms with Crippen molar-refractivity contribution in [3.63, 3.8) is 0 Å². The van der Waals surface area contributed by atoms with Crippen LogP contribution in [0.3, 0.4) is 0 Å². The predicted molar refractivity (Wildman–Crippen MR) is 105 cm³/mol. The summed E-state index contributed by atoms with van der Waals surface area (Å²) in [7, 11) is 1.56. The van der Waals surface area contributed by atoms with Crippen molar-refractivity contribution in [1.82, 2.24) is 31.1 Å². The Kier molecular flexibility index (Phi) is 6.54. The van der Waals surface area contributed by atoms with E-state index < -0.39 is 16.7 Å². The number of hydrogen-bond donors (Lipinski definition) is 2. The monoisotopic (exact) mass is 429 g/mol. The van der Waals surface area contributed by atoms with Gasteiger partial charge in [-0.05, 0) is 40.8 Å². The Morgan fingerprint density at radius 2 is 1.97 bits per heavy atom. The zero-order chi connectivity index (χ0) is 21.5. The van der Waals surface area contributed by atoms with Crippen molar-refractivity contribution in [1.29, 1.82) is 0 Å². The van der Waals surface area contributed by atoms with E-state index in [1.807, 2.05) is 0 Å². The molecule has 12 nitrogen and oxygen atoms in total. The normalized spacial score (nSPS) is 10.3. The van der Waals surface area contributed by atoms with E-state index in [1.54, 1.807) is 31.4 Å². The number of nitro benzene ring substituents is 1. The quantitative estimate of drug-likeness (QED) is 0.319. The Balaban J connectivity index is 1.54. The molecule has 3 rings (SSSR count). The molecule has 0 fully saturated rings. The minimum absolute atomic E-state index is 0.0422. The third-order valence-electron chi connectivity index (χ3n) is 3.72. The maximum atomic E-state index is 12.0. The highest BCUT2D eigenvalue weighted by atomic mass is 32.2. The predicted octanol–water partition coefficient (Wildman–Crippen LogP) is 1.13. The molecule has 13 heteroatoms. The van der Waals surface area contributed by atoms with Gasteiger partial charge in [0.25, 0.3) is 11.6 Å². The molecular formula is C17H15N7O5S. The van der Waals surface area contributed by atoms with Gasteiger partial charge in [0.1, 0.15) is 5.75 Å². The molecule has 0 atom stereocenters. The van der Waals surface area contributed by atoms with Gasteiger partial charge in [-0.15, -0.1) is 5.10 Å². The minimum Gasteiger partial charge on any atom is -0.497 e. The Hall–Kier alpha value is -4.00. The number of rotatable bonds is 7. The van der Waals surface area contributed by atoms with E-state index >= 15 is 0 Å². The first-order chi connectivity index (χ1) is 14.5. The zero-order valence-electron chi connectivity index (χ0n) is 15.5. The lowest BCUT2D eigenvalue weighted by molar-refractivity contribution is -0.384. The van der Waals surface area contributed by atoms with Crippen LogP contribution in [-0.4, -0.2) is 49.8 Å². The maximum Gasteiger partial charge on any atom is 0.270 e. The van der Waals surface area contributed by atoms with E-state index in [0.29, 0.717) is 16.6 Å². The van der Waals surface area contributed by atoms with Crippen LogP contribution in [-0.2, 0) is 4.79 Å². The molecule has 2 N–H and O–H groups in total. The Morgan fingerprint density at radius 1 is 1.20 bits per heavy atom. The molecule has 0 aliphatic rings. The highest BCUT2D eigenvalue weighted by molar-refractivity contribution is 7.99. The van der Waals surface area contributed by atoms with Gasteiger partial charge in [0, 0.05) is 17.7 Å². The molecule has 0 spiro atoms. The molecule has 0 bridgehead atoms. The van der Waals surface area contributed by atoms with Crippen molar-refractivity contribution >= 4 is 29.3 Å². The largest absolute Gasteiger partial charge is 0.497 e. The lowest BCUT2D eigenvalue weighted by atomic mass is 10.2. The van der Waals surface area contributed by atoms with Crippen molar-refractivity contribution in [3.8, 4) is 11.4 Å². The molecule has 154 valence electrons. The first kappa shape index (κ1) is 20.7. The number of nitro groups is 1. The molecule has 2 aromatic carbocycles. The lowest BCUT2D eigenvalue weighted by Crippen LogP contribution is -2.42. The number of benzene rings is 2. The summed E-state index contributed by atoms with van der Waals surface area (Å²) in [6, 6.07) is 12.2. The van der Waals surface area contributed by atoms with Crippen molar-refractivity contribution in [2.45, 2.75) is 5.16 Å². The van der Waals surface area contributed by atoms with Gasteiger partial charge in [-0.25, -0.2) is 0 Å². The van der Waals surface area contributed by atoms with E-state index in [0.717, 1.165) is 17.8 Å². The van der Waals surface area contributed by atoms with E-state index in [1.165, 1.54) is 22.9 Å². The molecule has 1 aromatic heterocycles. The summed E-state index contributed by atoms with van der Waals surface area (Å²) in [6.07, 6.45) is 0. The van der Waals surface area contributed by atoms with E-state index in [2.05, 4.69) is 26.4 Å². The molecule has 0 saturated carbocycles. The number of nitrogens with zero attached hydrogens (tertiary/aromatic N) is 5. The van der Waals surface area contributed by atoms with E-state index in [-0.39, 0.29) is 17.0 Å². The molecule has 0 radical (unpaired) electrons. The Labute approximate surface area is 173 Å². The van der Waals surface area contributed by atoms with E-state index in [9.17, 15) is 19.7 Å². The highest BCUT2D eigenvalue weighted by Gasteiger charge is 2.14. The maximum absolute atomic E-state index is 12.0. The number of amides is 2. The number of hydrazine groups is 1. The van der Waals surface area contributed by atoms with Crippen LogP contribution in [0.4, 0.5) is 5.69 Å². The second-order valence-corrected chi connectivity index (χ2v) is 6.61. The van der Waals surface area contributed by atoms with Crippen molar-refractivity contribution in [2.75, 3.05) is 12.9 Å². The van der Waals surface area contributed by atoms with Gasteiger partial charge < -0.3 is 4.74 Å². The van der Waals surface area contributed by atoms with Crippen LogP contribution in [0.15, 0.2) is 53.7 Å². The summed E-state index contributed by atoms with van der Waals surface area (Å²) >= 11 is 1.06. The summed E-state index contributed by atoms with van der Waals surface area (Å²) < 4.78 is 6.56. The molecule has 0 saturated heterocycles. The fraction of sp³-hybridized carbons (Fsp3) is 0.118. The number of ether oxygens (including phenoxy) is 1. The Bertz CT molecular complexity index is 1070. The number of aromatic nitrogens is 4. The number of non-ortho nitro benzene ring substituents is 1. The van der Waals surface area contributed by atoms with Gasteiger partial charge in [0.05, 0.1) is 23.5 Å². The molecule has 30 heavy (non-hydrogen) atoms. The van der Waals surface area contributed by atoms with Crippen LogP contribution in [0.25, 0.3) is 5.69 Å². The van der Waals surface area contributed by atoms with Crippen molar-refractivity contribution < 1.29 is 19.2 Å². The van der Waals surface area contributed by atoms with Crippen molar-refractivity contribution in [2.24, 2.45) is 0 Å². The fourth-order valence-electron chi connectivity index (χ4n) is 2.28. The average molecular weight is 429 g/mol. The number of hydrogen-bond acceptors (Lipinski definition) is 9. The van der Waals surface area contributed by atoms with Crippen LogP contribution >= 0.6 is 11.8 Å². The molecule has 0 aliphatic heterocycles.